The van der Waals surface area contributed by atoms with E-state index in [0.29, 0.717) is 6.04 Å². The highest BCUT2D eigenvalue weighted by molar-refractivity contribution is 14.1. The van der Waals surface area contributed by atoms with Gasteiger partial charge in [0.1, 0.15) is 0 Å². The van der Waals surface area contributed by atoms with Gasteiger partial charge in [-0.25, -0.2) is 0 Å². The van der Waals surface area contributed by atoms with E-state index in [1.807, 2.05) is 25.1 Å². The first kappa shape index (κ1) is 12.8. The van der Waals surface area contributed by atoms with Crippen molar-refractivity contribution in [2.45, 2.75) is 25.8 Å². The molecule has 1 fully saturated rings. The molecule has 1 aliphatic heterocycles. The first-order valence-corrected chi connectivity index (χ1v) is 7.03. The van der Waals surface area contributed by atoms with Gasteiger partial charge < -0.3 is 10.6 Å². The van der Waals surface area contributed by atoms with Crippen LogP contribution < -0.4 is 10.6 Å². The van der Waals surface area contributed by atoms with Gasteiger partial charge in [-0.15, -0.1) is 0 Å². The Kier molecular flexibility index (Phi) is 4.39. The van der Waals surface area contributed by atoms with Gasteiger partial charge in [-0.2, -0.15) is 0 Å². The zero-order valence-electron chi connectivity index (χ0n) is 9.92. The molecule has 1 atom stereocenters. The summed E-state index contributed by atoms with van der Waals surface area (Å²) in [5.41, 5.74) is 1.85. The molecule has 4 heteroatoms. The van der Waals surface area contributed by atoms with Crippen LogP contribution in [-0.2, 0) is 0 Å². The summed E-state index contributed by atoms with van der Waals surface area (Å²) in [7, 11) is 0. The molecular formula is C13H17IN2O. The highest BCUT2D eigenvalue weighted by atomic mass is 127. The fourth-order valence-electron chi connectivity index (χ4n) is 2.10. The van der Waals surface area contributed by atoms with E-state index in [4.69, 9.17) is 0 Å². The molecule has 92 valence electrons. The highest BCUT2D eigenvalue weighted by Crippen LogP contribution is 2.15. The van der Waals surface area contributed by atoms with Crippen LogP contribution in [0.25, 0.3) is 0 Å². The zero-order chi connectivity index (χ0) is 12.3. The van der Waals surface area contributed by atoms with Gasteiger partial charge in [0.25, 0.3) is 5.91 Å². The number of benzene rings is 1. The van der Waals surface area contributed by atoms with Crippen LogP contribution in [0.1, 0.15) is 28.8 Å². The molecule has 0 saturated carbocycles. The van der Waals surface area contributed by atoms with Gasteiger partial charge in [-0.1, -0.05) is 6.07 Å². The summed E-state index contributed by atoms with van der Waals surface area (Å²) in [6.07, 6.45) is 2.37. The average molecular weight is 344 g/mol. The molecule has 3 nitrogen and oxygen atoms in total. The number of amides is 1. The normalized spacial score (nSPS) is 19.3. The number of rotatable bonds is 3. The smallest absolute Gasteiger partial charge is 0.251 e. The van der Waals surface area contributed by atoms with E-state index >= 15 is 0 Å². The molecule has 0 bridgehead atoms. The Morgan fingerprint density at radius 2 is 2.41 bits per heavy atom. The van der Waals surface area contributed by atoms with Crippen molar-refractivity contribution < 1.29 is 4.79 Å². The number of carbonyl (C=O) groups excluding carboxylic acids is 1. The fraction of sp³-hybridized carbons (Fsp3) is 0.462. The summed E-state index contributed by atoms with van der Waals surface area (Å²) in [4.78, 5) is 12.0. The third kappa shape index (κ3) is 3.19. The van der Waals surface area contributed by atoms with Gasteiger partial charge >= 0.3 is 0 Å². The molecule has 0 aliphatic carbocycles. The third-order valence-corrected chi connectivity index (χ3v) is 4.35. The maximum atomic E-state index is 12.0. The van der Waals surface area contributed by atoms with Gasteiger partial charge in [0.05, 0.1) is 0 Å². The van der Waals surface area contributed by atoms with Crippen molar-refractivity contribution in [1.82, 2.24) is 10.6 Å². The largest absolute Gasteiger partial charge is 0.350 e. The molecule has 1 aliphatic rings. The number of nitrogens with one attached hydrogen (secondary N) is 2. The Morgan fingerprint density at radius 3 is 3.12 bits per heavy atom. The first-order valence-electron chi connectivity index (χ1n) is 5.95. The molecule has 0 spiro atoms. The van der Waals surface area contributed by atoms with E-state index in [9.17, 15) is 4.79 Å². The summed E-state index contributed by atoms with van der Waals surface area (Å²) < 4.78 is 1.13. The maximum absolute atomic E-state index is 12.0. The Bertz CT molecular complexity index is 414. The molecule has 1 heterocycles. The summed E-state index contributed by atoms with van der Waals surface area (Å²) >= 11 is 2.26. The monoisotopic (exact) mass is 344 g/mol. The maximum Gasteiger partial charge on any atom is 0.251 e. The van der Waals surface area contributed by atoms with E-state index in [-0.39, 0.29) is 5.91 Å². The van der Waals surface area contributed by atoms with E-state index < -0.39 is 0 Å². The standard InChI is InChI=1S/C13H17IN2O/c1-9-11(5-2-6-12(9)14)13(17)16-8-10-4-3-7-15-10/h2,5-6,10,15H,3-4,7-8H2,1H3,(H,16,17). The van der Waals surface area contributed by atoms with Crippen LogP contribution in [0.4, 0.5) is 0 Å². The van der Waals surface area contributed by atoms with Gasteiger partial charge in [0, 0.05) is 21.7 Å². The van der Waals surface area contributed by atoms with Crippen LogP contribution in [0, 0.1) is 10.5 Å². The summed E-state index contributed by atoms with van der Waals surface area (Å²) in [5.74, 6) is 0.0368. The van der Waals surface area contributed by atoms with Crippen molar-refractivity contribution in [1.29, 1.82) is 0 Å². The average Bonchev–Trinajstić information content (AvgIpc) is 2.82. The molecule has 2 rings (SSSR count). The van der Waals surface area contributed by atoms with Crippen molar-refractivity contribution in [2.75, 3.05) is 13.1 Å². The molecule has 1 aromatic carbocycles. The molecule has 1 saturated heterocycles. The van der Waals surface area contributed by atoms with Crippen molar-refractivity contribution >= 4 is 28.5 Å². The summed E-state index contributed by atoms with van der Waals surface area (Å²) in [6, 6.07) is 6.28. The lowest BCUT2D eigenvalue weighted by Crippen LogP contribution is -2.37. The van der Waals surface area contributed by atoms with Crippen LogP contribution >= 0.6 is 22.6 Å². The number of hydrogen-bond donors (Lipinski definition) is 2. The molecule has 1 amide bonds. The fourth-order valence-corrected chi connectivity index (χ4v) is 2.59. The van der Waals surface area contributed by atoms with Crippen LogP contribution in [0.3, 0.4) is 0 Å². The second-order valence-electron chi connectivity index (χ2n) is 4.42. The van der Waals surface area contributed by atoms with E-state index in [0.717, 1.165) is 34.2 Å². The second kappa shape index (κ2) is 5.82. The molecule has 2 N–H and O–H groups in total. The SMILES string of the molecule is Cc1c(I)cccc1C(=O)NCC1CCCN1. The molecule has 1 unspecified atom stereocenters. The lowest BCUT2D eigenvalue weighted by molar-refractivity contribution is 0.0949. The molecule has 1 aromatic rings. The topological polar surface area (TPSA) is 41.1 Å². The van der Waals surface area contributed by atoms with Crippen LogP contribution in [0.15, 0.2) is 18.2 Å². The quantitative estimate of drug-likeness (QED) is 0.825. The van der Waals surface area contributed by atoms with Crippen molar-refractivity contribution in [2.24, 2.45) is 0 Å². The Labute approximate surface area is 116 Å². The van der Waals surface area contributed by atoms with Crippen molar-refractivity contribution in [3.8, 4) is 0 Å². The Balaban J connectivity index is 1.97. The van der Waals surface area contributed by atoms with Gasteiger partial charge in [0.15, 0.2) is 0 Å². The Morgan fingerprint density at radius 1 is 1.59 bits per heavy atom. The molecule has 0 radical (unpaired) electrons. The van der Waals surface area contributed by atoms with E-state index in [1.54, 1.807) is 0 Å². The summed E-state index contributed by atoms with van der Waals surface area (Å²) in [5, 5.41) is 6.38. The second-order valence-corrected chi connectivity index (χ2v) is 5.58. The molecule has 17 heavy (non-hydrogen) atoms. The van der Waals surface area contributed by atoms with Crippen LogP contribution in [0.2, 0.25) is 0 Å². The third-order valence-electron chi connectivity index (χ3n) is 3.18. The number of hydrogen-bond acceptors (Lipinski definition) is 2. The predicted molar refractivity (Wildman–Crippen MR) is 77.3 cm³/mol. The van der Waals surface area contributed by atoms with Crippen LogP contribution in [-0.4, -0.2) is 25.0 Å². The van der Waals surface area contributed by atoms with Gasteiger partial charge in [0.2, 0.25) is 0 Å². The van der Waals surface area contributed by atoms with E-state index in [2.05, 4.69) is 33.2 Å². The lowest BCUT2D eigenvalue weighted by Gasteiger charge is -2.13. The first-order chi connectivity index (χ1) is 8.18. The highest BCUT2D eigenvalue weighted by Gasteiger charge is 2.16. The zero-order valence-corrected chi connectivity index (χ0v) is 12.1. The number of halogens is 1. The van der Waals surface area contributed by atoms with Crippen molar-refractivity contribution in [3.63, 3.8) is 0 Å². The minimum absolute atomic E-state index is 0.0368. The van der Waals surface area contributed by atoms with Gasteiger partial charge in [-0.3, -0.25) is 4.79 Å². The Hall–Kier alpha value is -0.620. The predicted octanol–water partition coefficient (Wildman–Crippen LogP) is 2.08. The molecular weight excluding hydrogens is 327 g/mol. The minimum Gasteiger partial charge on any atom is -0.350 e. The van der Waals surface area contributed by atoms with Crippen LogP contribution in [0.5, 0.6) is 0 Å². The van der Waals surface area contributed by atoms with Crippen molar-refractivity contribution in [3.05, 3.63) is 32.9 Å². The van der Waals surface area contributed by atoms with E-state index in [1.165, 1.54) is 6.42 Å². The van der Waals surface area contributed by atoms with Gasteiger partial charge in [-0.05, 0) is 66.6 Å². The summed E-state index contributed by atoms with van der Waals surface area (Å²) in [6.45, 7) is 3.79. The number of carbonyl (C=O) groups is 1. The minimum atomic E-state index is 0.0368. The lowest BCUT2D eigenvalue weighted by atomic mass is 10.1. The molecule has 0 aromatic heterocycles.